The number of carbonyl (C=O) groups excluding carboxylic acids is 2. The van der Waals surface area contributed by atoms with E-state index in [4.69, 9.17) is 9.47 Å². The first kappa shape index (κ1) is 18.2. The quantitative estimate of drug-likeness (QED) is 0.846. The Kier molecular flexibility index (Phi) is 5.77. The largest absolute Gasteiger partial charge is 0.475 e. The van der Waals surface area contributed by atoms with E-state index in [2.05, 4.69) is 10.3 Å². The Morgan fingerprint density at radius 2 is 2.21 bits per heavy atom. The first-order valence-corrected chi connectivity index (χ1v) is 8.10. The summed E-state index contributed by atoms with van der Waals surface area (Å²) < 4.78 is 10.8. The molecule has 1 N–H and O–H groups in total. The summed E-state index contributed by atoms with van der Waals surface area (Å²) in [4.78, 5) is 31.2. The van der Waals surface area contributed by atoms with Gasteiger partial charge in [-0.1, -0.05) is 0 Å². The molecule has 24 heavy (non-hydrogen) atoms. The molecule has 1 saturated heterocycles. The highest BCUT2D eigenvalue weighted by molar-refractivity contribution is 6.00. The average molecular weight is 335 g/mol. The number of likely N-dealkylation sites (tertiary alicyclic amines) is 1. The van der Waals surface area contributed by atoms with Crippen LogP contribution in [-0.2, 0) is 9.53 Å². The number of methoxy groups -OCH3 is 1. The van der Waals surface area contributed by atoms with Crippen LogP contribution in [0, 0.1) is 0 Å². The van der Waals surface area contributed by atoms with E-state index in [1.165, 1.54) is 7.11 Å². The molecule has 0 saturated carbocycles. The van der Waals surface area contributed by atoms with Crippen molar-refractivity contribution in [3.05, 3.63) is 23.9 Å². The fourth-order valence-electron chi connectivity index (χ4n) is 3.10. The van der Waals surface area contributed by atoms with Crippen LogP contribution in [0.3, 0.4) is 0 Å². The molecular formula is C17H25N3O4. The van der Waals surface area contributed by atoms with E-state index in [-0.39, 0.29) is 24.5 Å². The lowest BCUT2D eigenvalue weighted by atomic mass is 9.95. The van der Waals surface area contributed by atoms with Crippen LogP contribution in [0.1, 0.15) is 37.0 Å². The fourth-order valence-corrected chi connectivity index (χ4v) is 3.10. The SMILES string of the molecule is CNC(=O)C1(COC)CCCN1C(=O)c1ccnc(OC(C)C)c1. The van der Waals surface area contributed by atoms with E-state index in [1.807, 2.05) is 13.8 Å². The van der Waals surface area contributed by atoms with Crippen molar-refractivity contribution in [3.8, 4) is 5.88 Å². The zero-order valence-electron chi connectivity index (χ0n) is 14.7. The van der Waals surface area contributed by atoms with Crippen LogP contribution in [0.15, 0.2) is 18.3 Å². The van der Waals surface area contributed by atoms with E-state index in [0.29, 0.717) is 24.4 Å². The number of hydrogen-bond acceptors (Lipinski definition) is 5. The Morgan fingerprint density at radius 1 is 1.46 bits per heavy atom. The van der Waals surface area contributed by atoms with Gasteiger partial charge in [0.25, 0.3) is 5.91 Å². The van der Waals surface area contributed by atoms with Gasteiger partial charge >= 0.3 is 0 Å². The standard InChI is InChI=1S/C17H25N3O4/c1-12(2)24-14-10-13(6-8-19-14)15(21)20-9-5-7-17(20,11-23-4)16(22)18-3/h6,8,10,12H,5,7,9,11H2,1-4H3,(H,18,22). The molecule has 0 spiro atoms. The second kappa shape index (κ2) is 7.61. The third-order valence-corrected chi connectivity index (χ3v) is 4.10. The topological polar surface area (TPSA) is 80.8 Å². The molecule has 1 aromatic rings. The summed E-state index contributed by atoms with van der Waals surface area (Å²) in [6.45, 7) is 4.47. The summed E-state index contributed by atoms with van der Waals surface area (Å²) in [7, 11) is 3.11. The van der Waals surface area contributed by atoms with E-state index < -0.39 is 5.54 Å². The number of nitrogens with zero attached hydrogens (tertiary/aromatic N) is 2. The van der Waals surface area contributed by atoms with Gasteiger partial charge in [0, 0.05) is 38.5 Å². The molecule has 2 amide bonds. The van der Waals surface area contributed by atoms with Gasteiger partial charge in [-0.05, 0) is 32.8 Å². The molecule has 1 atom stereocenters. The zero-order valence-corrected chi connectivity index (χ0v) is 14.7. The Hall–Kier alpha value is -2.15. The van der Waals surface area contributed by atoms with Crippen LogP contribution in [0.25, 0.3) is 0 Å². The highest BCUT2D eigenvalue weighted by atomic mass is 16.5. The van der Waals surface area contributed by atoms with Gasteiger partial charge in [-0.15, -0.1) is 0 Å². The minimum absolute atomic E-state index is 0.0342. The summed E-state index contributed by atoms with van der Waals surface area (Å²) in [6.07, 6.45) is 2.84. The minimum Gasteiger partial charge on any atom is -0.475 e. The number of ether oxygens (including phenoxy) is 2. The van der Waals surface area contributed by atoms with E-state index >= 15 is 0 Å². The molecule has 2 rings (SSSR count). The first-order chi connectivity index (χ1) is 11.4. The highest BCUT2D eigenvalue weighted by Gasteiger charge is 2.49. The smallest absolute Gasteiger partial charge is 0.255 e. The summed E-state index contributed by atoms with van der Waals surface area (Å²) in [5, 5.41) is 2.66. The lowest BCUT2D eigenvalue weighted by molar-refractivity contribution is -0.133. The van der Waals surface area contributed by atoms with Gasteiger partial charge < -0.3 is 19.7 Å². The molecule has 7 heteroatoms. The van der Waals surface area contributed by atoms with Gasteiger partial charge in [-0.3, -0.25) is 9.59 Å². The summed E-state index contributed by atoms with van der Waals surface area (Å²) in [6, 6.07) is 3.25. The van der Waals surface area contributed by atoms with Crippen LogP contribution in [-0.4, -0.2) is 60.7 Å². The molecule has 1 aliphatic heterocycles. The number of aromatic nitrogens is 1. The summed E-state index contributed by atoms with van der Waals surface area (Å²) in [5.41, 5.74) is -0.518. The minimum atomic E-state index is -0.969. The van der Waals surface area contributed by atoms with Gasteiger partial charge in [0.1, 0.15) is 5.54 Å². The maximum absolute atomic E-state index is 13.0. The van der Waals surface area contributed by atoms with Crippen molar-refractivity contribution < 1.29 is 19.1 Å². The van der Waals surface area contributed by atoms with Crippen LogP contribution >= 0.6 is 0 Å². The monoisotopic (exact) mass is 335 g/mol. The molecule has 7 nitrogen and oxygen atoms in total. The van der Waals surface area contributed by atoms with Gasteiger partial charge in [-0.25, -0.2) is 4.98 Å². The van der Waals surface area contributed by atoms with Crippen LogP contribution in [0.2, 0.25) is 0 Å². The molecule has 1 aromatic heterocycles. The predicted octanol–water partition coefficient (Wildman–Crippen LogP) is 1.24. The van der Waals surface area contributed by atoms with Crippen molar-refractivity contribution >= 4 is 11.8 Å². The molecule has 1 unspecified atom stereocenters. The predicted molar refractivity (Wildman–Crippen MR) is 88.9 cm³/mol. The van der Waals surface area contributed by atoms with Gasteiger partial charge in [0.2, 0.25) is 11.8 Å². The number of rotatable bonds is 6. The molecule has 0 bridgehead atoms. The summed E-state index contributed by atoms with van der Waals surface area (Å²) in [5.74, 6) is -0.0283. The molecule has 2 heterocycles. The van der Waals surface area contributed by atoms with Crippen molar-refractivity contribution in [2.45, 2.75) is 38.3 Å². The number of nitrogens with one attached hydrogen (secondary N) is 1. The van der Waals surface area contributed by atoms with Crippen molar-refractivity contribution in [1.82, 2.24) is 15.2 Å². The van der Waals surface area contributed by atoms with Gasteiger partial charge in [-0.2, -0.15) is 0 Å². The number of amides is 2. The van der Waals surface area contributed by atoms with Crippen LogP contribution < -0.4 is 10.1 Å². The normalized spacial score (nSPS) is 20.3. The fraction of sp³-hybridized carbons (Fsp3) is 0.588. The third-order valence-electron chi connectivity index (χ3n) is 4.10. The number of carbonyl (C=O) groups is 2. The van der Waals surface area contributed by atoms with Gasteiger partial charge in [0.15, 0.2) is 0 Å². The van der Waals surface area contributed by atoms with Crippen molar-refractivity contribution in [3.63, 3.8) is 0 Å². The molecular weight excluding hydrogens is 310 g/mol. The zero-order chi connectivity index (χ0) is 17.7. The molecule has 1 fully saturated rings. The summed E-state index contributed by atoms with van der Waals surface area (Å²) >= 11 is 0. The van der Waals surface area contributed by atoms with Crippen LogP contribution in [0.5, 0.6) is 5.88 Å². The second-order valence-electron chi connectivity index (χ2n) is 6.15. The molecule has 1 aliphatic rings. The number of likely N-dealkylation sites (N-methyl/N-ethyl adjacent to an activating group) is 1. The van der Waals surface area contributed by atoms with Crippen molar-refractivity contribution in [2.24, 2.45) is 0 Å². The van der Waals surface area contributed by atoms with E-state index in [9.17, 15) is 9.59 Å². The molecule has 132 valence electrons. The highest BCUT2D eigenvalue weighted by Crippen LogP contribution is 2.32. The molecule has 0 radical (unpaired) electrons. The lowest BCUT2D eigenvalue weighted by Gasteiger charge is -2.36. The van der Waals surface area contributed by atoms with Crippen molar-refractivity contribution in [2.75, 3.05) is 27.3 Å². The number of pyridine rings is 1. The Bertz CT molecular complexity index is 605. The average Bonchev–Trinajstić information content (AvgIpc) is 2.98. The van der Waals surface area contributed by atoms with Gasteiger partial charge in [0.05, 0.1) is 12.7 Å². The Labute approximate surface area is 142 Å². The Balaban J connectivity index is 2.31. The first-order valence-electron chi connectivity index (χ1n) is 8.10. The lowest BCUT2D eigenvalue weighted by Crippen LogP contribution is -2.59. The molecule has 0 aliphatic carbocycles. The Morgan fingerprint density at radius 3 is 2.83 bits per heavy atom. The maximum Gasteiger partial charge on any atom is 0.255 e. The van der Waals surface area contributed by atoms with Crippen LogP contribution in [0.4, 0.5) is 0 Å². The second-order valence-corrected chi connectivity index (χ2v) is 6.15. The molecule has 0 aromatic carbocycles. The van der Waals surface area contributed by atoms with E-state index in [1.54, 1.807) is 30.3 Å². The van der Waals surface area contributed by atoms with E-state index in [0.717, 1.165) is 6.42 Å². The maximum atomic E-state index is 13.0. The van der Waals surface area contributed by atoms with Crippen molar-refractivity contribution in [1.29, 1.82) is 0 Å². The number of hydrogen-bond donors (Lipinski definition) is 1. The third kappa shape index (κ3) is 3.51.